The molecule has 2 rings (SSSR count). The first kappa shape index (κ1) is 25.5. The number of carbonyl (C=O) groups excluding carboxylic acids is 1. The number of methoxy groups -OCH3 is 1. The van der Waals surface area contributed by atoms with E-state index in [1.165, 1.54) is 12.8 Å². The van der Waals surface area contributed by atoms with Crippen LogP contribution in [0.4, 0.5) is 0 Å². The zero-order valence-electron chi connectivity index (χ0n) is 18.0. The molecular weight excluding hydrogens is 483 g/mol. The minimum Gasteiger partial charge on any atom is -0.497 e. The van der Waals surface area contributed by atoms with Crippen molar-refractivity contribution in [2.24, 2.45) is 10.4 Å². The molecule has 0 aromatic heterocycles. The van der Waals surface area contributed by atoms with Gasteiger partial charge >= 0.3 is 0 Å². The maximum Gasteiger partial charge on any atom is 0.241 e. The summed E-state index contributed by atoms with van der Waals surface area (Å²) >= 11 is 0. The molecule has 2 N–H and O–H groups in total. The van der Waals surface area contributed by atoms with E-state index in [9.17, 15) is 4.79 Å². The van der Waals surface area contributed by atoms with Crippen LogP contribution >= 0.6 is 24.0 Å². The Labute approximate surface area is 191 Å². The van der Waals surface area contributed by atoms with Gasteiger partial charge in [-0.3, -0.25) is 4.79 Å². The Morgan fingerprint density at radius 2 is 1.90 bits per heavy atom. The molecule has 1 amide bonds. The van der Waals surface area contributed by atoms with Crippen LogP contribution in [-0.4, -0.2) is 64.3 Å². The van der Waals surface area contributed by atoms with Gasteiger partial charge in [0.05, 0.1) is 20.2 Å². The first-order valence-electron chi connectivity index (χ1n) is 9.91. The van der Waals surface area contributed by atoms with Crippen LogP contribution in [0.3, 0.4) is 0 Å². The largest absolute Gasteiger partial charge is 0.497 e. The number of amides is 1. The maximum atomic E-state index is 11.9. The van der Waals surface area contributed by atoms with E-state index in [-0.39, 0.29) is 36.4 Å². The van der Waals surface area contributed by atoms with Gasteiger partial charge in [0.15, 0.2) is 5.96 Å². The van der Waals surface area contributed by atoms with Crippen LogP contribution in [0.1, 0.15) is 31.7 Å². The van der Waals surface area contributed by atoms with Crippen molar-refractivity contribution in [1.29, 1.82) is 0 Å². The maximum absolute atomic E-state index is 11.9. The molecule has 164 valence electrons. The number of rotatable bonds is 11. The Morgan fingerprint density at radius 1 is 1.21 bits per heavy atom. The summed E-state index contributed by atoms with van der Waals surface area (Å²) in [5, 5.41) is 6.58. The third-order valence-corrected chi connectivity index (χ3v) is 5.05. The number of hydrogen-bond donors (Lipinski definition) is 2. The highest BCUT2D eigenvalue weighted by atomic mass is 127. The minimum absolute atomic E-state index is 0. The fourth-order valence-electron chi connectivity index (χ4n) is 2.79. The summed E-state index contributed by atoms with van der Waals surface area (Å²) in [4.78, 5) is 18.2. The SMILES string of the molecule is CCOCCC1(CNC(=NCc2ccc(OC)cc2)NCC(=O)N(C)C)CC1.I. The quantitative estimate of drug-likeness (QED) is 0.204. The lowest BCUT2D eigenvalue weighted by Gasteiger charge is -2.19. The third kappa shape index (κ3) is 9.20. The molecule has 0 unspecified atom stereocenters. The van der Waals surface area contributed by atoms with E-state index in [0.717, 1.165) is 37.5 Å². The summed E-state index contributed by atoms with van der Waals surface area (Å²) in [7, 11) is 5.15. The lowest BCUT2D eigenvalue weighted by Crippen LogP contribution is -2.44. The Hall–Kier alpha value is -1.55. The number of ether oxygens (including phenoxy) is 2. The van der Waals surface area contributed by atoms with Crippen molar-refractivity contribution in [3.05, 3.63) is 29.8 Å². The van der Waals surface area contributed by atoms with Crippen molar-refractivity contribution < 1.29 is 14.3 Å². The zero-order valence-corrected chi connectivity index (χ0v) is 20.3. The predicted molar refractivity (Wildman–Crippen MR) is 127 cm³/mol. The summed E-state index contributed by atoms with van der Waals surface area (Å²) < 4.78 is 10.7. The molecule has 8 heteroatoms. The molecule has 1 fully saturated rings. The second-order valence-corrected chi connectivity index (χ2v) is 7.46. The van der Waals surface area contributed by atoms with Crippen molar-refractivity contribution in [1.82, 2.24) is 15.5 Å². The van der Waals surface area contributed by atoms with Gasteiger partial charge in [0.2, 0.25) is 5.91 Å². The van der Waals surface area contributed by atoms with Crippen LogP contribution < -0.4 is 15.4 Å². The number of halogens is 1. The Kier molecular flexibility index (Phi) is 11.3. The van der Waals surface area contributed by atoms with Crippen LogP contribution in [0, 0.1) is 5.41 Å². The molecular formula is C21H35IN4O3. The zero-order chi connectivity index (χ0) is 20.4. The van der Waals surface area contributed by atoms with Gasteiger partial charge in [0, 0.05) is 33.9 Å². The molecule has 0 saturated heterocycles. The van der Waals surface area contributed by atoms with E-state index in [0.29, 0.717) is 17.9 Å². The highest BCUT2D eigenvalue weighted by Gasteiger charge is 2.41. The summed E-state index contributed by atoms with van der Waals surface area (Å²) in [5.41, 5.74) is 1.38. The van der Waals surface area contributed by atoms with E-state index >= 15 is 0 Å². The topological polar surface area (TPSA) is 75.2 Å². The smallest absolute Gasteiger partial charge is 0.241 e. The molecule has 7 nitrogen and oxygen atoms in total. The molecule has 1 saturated carbocycles. The first-order chi connectivity index (χ1) is 13.5. The fourth-order valence-corrected chi connectivity index (χ4v) is 2.79. The third-order valence-electron chi connectivity index (χ3n) is 5.05. The van der Waals surface area contributed by atoms with Crippen LogP contribution in [0.25, 0.3) is 0 Å². The number of hydrogen-bond acceptors (Lipinski definition) is 4. The van der Waals surface area contributed by atoms with Crippen molar-refractivity contribution in [3.8, 4) is 5.75 Å². The fraction of sp³-hybridized carbons (Fsp3) is 0.619. The van der Waals surface area contributed by atoms with Gasteiger partial charge in [-0.05, 0) is 49.3 Å². The number of nitrogens with one attached hydrogen (secondary N) is 2. The molecule has 1 aromatic rings. The Bertz CT molecular complexity index is 646. The van der Waals surface area contributed by atoms with Gasteiger partial charge < -0.3 is 25.0 Å². The van der Waals surface area contributed by atoms with Gasteiger partial charge in [0.25, 0.3) is 0 Å². The lowest BCUT2D eigenvalue weighted by atomic mass is 10.0. The monoisotopic (exact) mass is 518 g/mol. The van der Waals surface area contributed by atoms with Gasteiger partial charge in [-0.25, -0.2) is 4.99 Å². The molecule has 0 heterocycles. The second kappa shape index (κ2) is 12.9. The van der Waals surface area contributed by atoms with Crippen LogP contribution in [-0.2, 0) is 16.1 Å². The highest BCUT2D eigenvalue weighted by molar-refractivity contribution is 14.0. The van der Waals surface area contributed by atoms with Crippen molar-refractivity contribution in [2.75, 3.05) is 47.5 Å². The molecule has 0 bridgehead atoms. The summed E-state index contributed by atoms with van der Waals surface area (Å²) in [6, 6.07) is 7.84. The molecule has 0 aliphatic heterocycles. The average Bonchev–Trinajstić information content (AvgIpc) is 3.47. The molecule has 1 aliphatic carbocycles. The standard InChI is InChI=1S/C21H34N4O3.HI/c1-5-28-13-12-21(10-11-21)16-24-20(23-15-19(26)25(2)3)22-14-17-6-8-18(27-4)9-7-17;/h6-9H,5,10-16H2,1-4H3,(H2,22,23,24);1H. The second-order valence-electron chi connectivity index (χ2n) is 7.46. The van der Waals surface area contributed by atoms with E-state index in [1.54, 1.807) is 26.1 Å². The number of benzene rings is 1. The van der Waals surface area contributed by atoms with Gasteiger partial charge in [-0.15, -0.1) is 24.0 Å². The van der Waals surface area contributed by atoms with E-state index in [2.05, 4.69) is 15.6 Å². The average molecular weight is 518 g/mol. The Morgan fingerprint density at radius 3 is 2.45 bits per heavy atom. The first-order valence-corrected chi connectivity index (χ1v) is 9.91. The number of aliphatic imine (C=N–C) groups is 1. The lowest BCUT2D eigenvalue weighted by molar-refractivity contribution is -0.127. The van der Waals surface area contributed by atoms with Gasteiger partial charge in [-0.2, -0.15) is 0 Å². The van der Waals surface area contributed by atoms with Crippen molar-refractivity contribution in [3.63, 3.8) is 0 Å². The van der Waals surface area contributed by atoms with E-state index in [4.69, 9.17) is 9.47 Å². The van der Waals surface area contributed by atoms with Crippen LogP contribution in [0.2, 0.25) is 0 Å². The number of nitrogens with zero attached hydrogens (tertiary/aromatic N) is 2. The molecule has 0 atom stereocenters. The van der Waals surface area contributed by atoms with E-state index < -0.39 is 0 Å². The number of likely N-dealkylation sites (N-methyl/N-ethyl adjacent to an activating group) is 1. The molecule has 29 heavy (non-hydrogen) atoms. The summed E-state index contributed by atoms with van der Waals surface area (Å²) in [6.07, 6.45) is 3.46. The molecule has 0 radical (unpaired) electrons. The summed E-state index contributed by atoms with van der Waals surface area (Å²) in [5.74, 6) is 1.50. The Balaban J connectivity index is 0.00000420. The predicted octanol–water partition coefficient (Wildman–Crippen LogP) is 2.64. The van der Waals surface area contributed by atoms with Crippen LogP contribution in [0.15, 0.2) is 29.3 Å². The highest BCUT2D eigenvalue weighted by Crippen LogP contribution is 2.48. The molecule has 0 spiro atoms. The van der Waals surface area contributed by atoms with Crippen LogP contribution in [0.5, 0.6) is 5.75 Å². The van der Waals surface area contributed by atoms with Gasteiger partial charge in [0.1, 0.15) is 5.75 Å². The normalized spacial score (nSPS) is 14.6. The van der Waals surface area contributed by atoms with Crippen molar-refractivity contribution >= 4 is 35.8 Å². The van der Waals surface area contributed by atoms with Gasteiger partial charge in [-0.1, -0.05) is 12.1 Å². The van der Waals surface area contributed by atoms with Crippen molar-refractivity contribution in [2.45, 2.75) is 32.7 Å². The molecule has 1 aliphatic rings. The molecule has 1 aromatic carbocycles. The number of guanidine groups is 1. The minimum atomic E-state index is 0. The summed E-state index contributed by atoms with van der Waals surface area (Å²) in [6.45, 7) is 5.16. The van der Waals surface area contributed by atoms with E-state index in [1.807, 2.05) is 31.2 Å². The number of carbonyl (C=O) groups is 1.